The van der Waals surface area contributed by atoms with Crippen LogP contribution in [0.3, 0.4) is 0 Å². The summed E-state index contributed by atoms with van der Waals surface area (Å²) >= 11 is 0. The molecular formula is C11H15NO2. The van der Waals surface area contributed by atoms with Gasteiger partial charge in [-0.1, -0.05) is 25.1 Å². The first kappa shape index (κ1) is 10.6. The van der Waals surface area contributed by atoms with Crippen LogP contribution in [-0.4, -0.2) is 12.0 Å². The van der Waals surface area contributed by atoms with Gasteiger partial charge in [0.25, 0.3) is 5.91 Å². The Morgan fingerprint density at radius 2 is 2.14 bits per heavy atom. The number of aryl methyl sites for hydroxylation is 1. The smallest absolute Gasteiger partial charge is 0.258 e. The number of carbonyl (C=O) groups excluding carboxylic acids is 1. The highest BCUT2D eigenvalue weighted by Gasteiger charge is 2.11. The third-order valence-electron chi connectivity index (χ3n) is 2.06. The topological polar surface area (TPSA) is 52.3 Å². The molecular weight excluding hydrogens is 178 g/mol. The minimum atomic E-state index is -0.581. The van der Waals surface area contributed by atoms with Crippen LogP contribution in [0.1, 0.15) is 19.4 Å². The summed E-state index contributed by atoms with van der Waals surface area (Å²) in [6.45, 7) is 3.69. The Morgan fingerprint density at radius 1 is 1.50 bits per heavy atom. The Morgan fingerprint density at radius 3 is 2.71 bits per heavy atom. The molecule has 1 atom stereocenters. The Hall–Kier alpha value is -1.51. The zero-order valence-corrected chi connectivity index (χ0v) is 8.49. The highest BCUT2D eigenvalue weighted by atomic mass is 16.5. The molecule has 3 nitrogen and oxygen atoms in total. The van der Waals surface area contributed by atoms with Crippen molar-refractivity contribution < 1.29 is 9.53 Å². The highest BCUT2D eigenvalue weighted by Crippen LogP contribution is 2.19. The maximum Gasteiger partial charge on any atom is 0.258 e. The number of hydrogen-bond acceptors (Lipinski definition) is 2. The zero-order valence-electron chi connectivity index (χ0n) is 8.49. The average Bonchev–Trinajstić information content (AvgIpc) is 2.18. The molecule has 1 aromatic carbocycles. The molecule has 3 heteroatoms. The lowest BCUT2D eigenvalue weighted by Gasteiger charge is -2.13. The van der Waals surface area contributed by atoms with Crippen LogP contribution in [-0.2, 0) is 11.2 Å². The van der Waals surface area contributed by atoms with Crippen molar-refractivity contribution in [2.45, 2.75) is 26.4 Å². The summed E-state index contributed by atoms with van der Waals surface area (Å²) in [7, 11) is 0. The average molecular weight is 193 g/mol. The predicted molar refractivity (Wildman–Crippen MR) is 55.1 cm³/mol. The molecule has 0 aliphatic heterocycles. The van der Waals surface area contributed by atoms with Crippen molar-refractivity contribution in [2.75, 3.05) is 0 Å². The fourth-order valence-electron chi connectivity index (χ4n) is 1.16. The molecule has 0 bridgehead atoms. The molecule has 1 unspecified atom stereocenters. The number of carbonyl (C=O) groups is 1. The van der Waals surface area contributed by atoms with Gasteiger partial charge in [-0.15, -0.1) is 0 Å². The minimum Gasteiger partial charge on any atom is -0.481 e. The SMILES string of the molecule is CCc1ccccc1OC(C)C(N)=O. The largest absolute Gasteiger partial charge is 0.481 e. The van der Waals surface area contributed by atoms with Crippen LogP contribution in [0.15, 0.2) is 24.3 Å². The first-order valence-corrected chi connectivity index (χ1v) is 4.69. The molecule has 0 aliphatic rings. The van der Waals surface area contributed by atoms with Crippen molar-refractivity contribution in [1.82, 2.24) is 0 Å². The summed E-state index contributed by atoms with van der Waals surface area (Å²) in [4.78, 5) is 10.8. The van der Waals surface area contributed by atoms with Crippen LogP contribution in [0.2, 0.25) is 0 Å². The van der Waals surface area contributed by atoms with Crippen LogP contribution in [0.4, 0.5) is 0 Å². The second-order valence-electron chi connectivity index (χ2n) is 3.12. The van der Waals surface area contributed by atoms with Crippen LogP contribution < -0.4 is 10.5 Å². The minimum absolute atomic E-state index is 0.448. The third kappa shape index (κ3) is 2.49. The van der Waals surface area contributed by atoms with Crippen molar-refractivity contribution in [2.24, 2.45) is 5.73 Å². The summed E-state index contributed by atoms with van der Waals surface area (Å²) in [5.74, 6) is 0.289. The molecule has 2 N–H and O–H groups in total. The number of amides is 1. The van der Waals surface area contributed by atoms with Crippen molar-refractivity contribution in [3.63, 3.8) is 0 Å². The first-order valence-electron chi connectivity index (χ1n) is 4.69. The number of nitrogens with two attached hydrogens (primary N) is 1. The van der Waals surface area contributed by atoms with Gasteiger partial charge in [-0.05, 0) is 25.0 Å². The summed E-state index contributed by atoms with van der Waals surface area (Å²) in [6, 6.07) is 7.64. The summed E-state index contributed by atoms with van der Waals surface area (Å²) < 4.78 is 5.42. The molecule has 1 aromatic rings. The zero-order chi connectivity index (χ0) is 10.6. The quantitative estimate of drug-likeness (QED) is 0.787. The number of rotatable bonds is 4. The summed E-state index contributed by atoms with van der Waals surface area (Å²) in [6.07, 6.45) is 0.296. The van der Waals surface area contributed by atoms with E-state index >= 15 is 0 Å². The predicted octanol–water partition coefficient (Wildman–Crippen LogP) is 1.50. The second kappa shape index (κ2) is 4.65. The Kier molecular flexibility index (Phi) is 3.51. The molecule has 0 heterocycles. The van der Waals surface area contributed by atoms with E-state index in [-0.39, 0.29) is 0 Å². The third-order valence-corrected chi connectivity index (χ3v) is 2.06. The van der Waals surface area contributed by atoms with E-state index in [1.165, 1.54) is 0 Å². The Balaban J connectivity index is 2.80. The molecule has 14 heavy (non-hydrogen) atoms. The standard InChI is InChI=1S/C11H15NO2/c1-3-9-6-4-5-7-10(9)14-8(2)11(12)13/h4-8H,3H2,1-2H3,(H2,12,13). The molecule has 0 saturated carbocycles. The Labute approximate surface area is 83.9 Å². The van der Waals surface area contributed by atoms with Gasteiger partial charge in [0, 0.05) is 0 Å². The van der Waals surface area contributed by atoms with Gasteiger partial charge in [0.15, 0.2) is 6.10 Å². The fourth-order valence-corrected chi connectivity index (χ4v) is 1.16. The van der Waals surface area contributed by atoms with Gasteiger partial charge in [-0.25, -0.2) is 0 Å². The van der Waals surface area contributed by atoms with Crippen molar-refractivity contribution in [3.05, 3.63) is 29.8 Å². The molecule has 76 valence electrons. The summed E-state index contributed by atoms with van der Waals surface area (Å²) in [5.41, 5.74) is 6.20. The molecule has 0 spiro atoms. The second-order valence-corrected chi connectivity index (χ2v) is 3.12. The van der Waals surface area contributed by atoms with Gasteiger partial charge in [-0.3, -0.25) is 4.79 Å². The van der Waals surface area contributed by atoms with Crippen LogP contribution in [0, 0.1) is 0 Å². The fraction of sp³-hybridized carbons (Fsp3) is 0.364. The molecule has 0 aromatic heterocycles. The van der Waals surface area contributed by atoms with E-state index in [0.29, 0.717) is 0 Å². The van der Waals surface area contributed by atoms with Crippen LogP contribution in [0.5, 0.6) is 5.75 Å². The summed E-state index contributed by atoms with van der Waals surface area (Å²) in [5, 5.41) is 0. The van der Waals surface area contributed by atoms with Gasteiger partial charge < -0.3 is 10.5 Å². The molecule has 0 saturated heterocycles. The lowest BCUT2D eigenvalue weighted by molar-refractivity contribution is -0.123. The van der Waals surface area contributed by atoms with Gasteiger partial charge >= 0.3 is 0 Å². The monoisotopic (exact) mass is 193 g/mol. The van der Waals surface area contributed by atoms with E-state index in [9.17, 15) is 4.79 Å². The van der Waals surface area contributed by atoms with Gasteiger partial charge in [0.2, 0.25) is 0 Å². The normalized spacial score (nSPS) is 12.1. The lowest BCUT2D eigenvalue weighted by atomic mass is 10.1. The van der Waals surface area contributed by atoms with Gasteiger partial charge in [0.1, 0.15) is 5.75 Å². The number of hydrogen-bond donors (Lipinski definition) is 1. The van der Waals surface area contributed by atoms with Crippen molar-refractivity contribution in [1.29, 1.82) is 0 Å². The van der Waals surface area contributed by atoms with Crippen LogP contribution >= 0.6 is 0 Å². The first-order chi connectivity index (χ1) is 6.65. The molecule has 0 aliphatic carbocycles. The van der Waals surface area contributed by atoms with E-state index in [0.717, 1.165) is 17.7 Å². The van der Waals surface area contributed by atoms with E-state index in [1.54, 1.807) is 6.92 Å². The van der Waals surface area contributed by atoms with Crippen LogP contribution in [0.25, 0.3) is 0 Å². The van der Waals surface area contributed by atoms with E-state index in [4.69, 9.17) is 10.5 Å². The number of primary amides is 1. The van der Waals surface area contributed by atoms with Gasteiger partial charge in [-0.2, -0.15) is 0 Å². The number of benzene rings is 1. The maximum atomic E-state index is 10.8. The maximum absolute atomic E-state index is 10.8. The molecule has 1 amide bonds. The number of ether oxygens (including phenoxy) is 1. The van der Waals surface area contributed by atoms with Crippen molar-refractivity contribution in [3.8, 4) is 5.75 Å². The number of para-hydroxylation sites is 1. The van der Waals surface area contributed by atoms with Crippen molar-refractivity contribution >= 4 is 5.91 Å². The molecule has 0 radical (unpaired) electrons. The molecule has 0 fully saturated rings. The van der Waals surface area contributed by atoms with Gasteiger partial charge in [0.05, 0.1) is 0 Å². The van der Waals surface area contributed by atoms with E-state index in [1.807, 2.05) is 31.2 Å². The lowest BCUT2D eigenvalue weighted by Crippen LogP contribution is -2.30. The van der Waals surface area contributed by atoms with E-state index < -0.39 is 12.0 Å². The van der Waals surface area contributed by atoms with E-state index in [2.05, 4.69) is 0 Å². The molecule has 1 rings (SSSR count). The highest BCUT2D eigenvalue weighted by molar-refractivity contribution is 5.78. The Bertz CT molecular complexity index is 323.